The maximum atomic E-state index is 5.69. The summed E-state index contributed by atoms with van der Waals surface area (Å²) in [6.45, 7) is 4.04. The Kier molecular flexibility index (Phi) is 4.32. The molecule has 3 aromatic heterocycles. The number of anilines is 2. The number of nitrogens with one attached hydrogen (secondary N) is 1. The van der Waals surface area contributed by atoms with Crippen molar-refractivity contribution in [2.45, 2.75) is 20.0 Å². The first-order valence-corrected chi connectivity index (χ1v) is 8.98. The standard InChI is InChI=1S/C21H23N5O/c1-14(2)27-18-7-5-17(6-8-18)24-21-10-20-15(11-22-21)9-19(26(20)4)16-12-23-25(3)13-16/h5-14H,1-4H3,(H,22,24). The van der Waals surface area contributed by atoms with E-state index in [4.69, 9.17) is 4.74 Å². The molecule has 3 heterocycles. The van der Waals surface area contributed by atoms with E-state index in [1.54, 1.807) is 0 Å². The smallest absolute Gasteiger partial charge is 0.132 e. The van der Waals surface area contributed by atoms with Gasteiger partial charge in [-0.15, -0.1) is 0 Å². The van der Waals surface area contributed by atoms with Crippen molar-refractivity contribution in [3.63, 3.8) is 0 Å². The van der Waals surface area contributed by atoms with Crippen molar-refractivity contribution in [2.24, 2.45) is 14.1 Å². The number of nitrogens with zero attached hydrogens (tertiary/aromatic N) is 4. The molecular weight excluding hydrogens is 338 g/mol. The molecule has 1 aromatic carbocycles. The number of ether oxygens (including phenoxy) is 1. The van der Waals surface area contributed by atoms with Crippen LogP contribution in [0.25, 0.3) is 22.2 Å². The van der Waals surface area contributed by atoms with Crippen LogP contribution in [0.15, 0.2) is 55.0 Å². The van der Waals surface area contributed by atoms with E-state index < -0.39 is 0 Å². The third kappa shape index (κ3) is 3.51. The predicted octanol–water partition coefficient (Wildman–Crippen LogP) is 4.50. The summed E-state index contributed by atoms with van der Waals surface area (Å²) in [6, 6.07) is 12.1. The quantitative estimate of drug-likeness (QED) is 0.568. The van der Waals surface area contributed by atoms with Crippen molar-refractivity contribution < 1.29 is 4.74 Å². The minimum absolute atomic E-state index is 0.166. The SMILES string of the molecule is CC(C)Oc1ccc(Nc2cc3c(cn2)cc(-c2cnn(C)c2)n3C)cc1. The number of fused-ring (bicyclic) bond motifs is 1. The number of hydrogen-bond donors (Lipinski definition) is 1. The van der Waals surface area contributed by atoms with Crippen LogP contribution in [0.4, 0.5) is 11.5 Å². The topological polar surface area (TPSA) is 56.9 Å². The second-order valence-corrected chi connectivity index (χ2v) is 6.94. The number of rotatable bonds is 5. The van der Waals surface area contributed by atoms with E-state index in [-0.39, 0.29) is 6.10 Å². The first kappa shape index (κ1) is 17.1. The summed E-state index contributed by atoms with van der Waals surface area (Å²) >= 11 is 0. The number of pyridine rings is 1. The van der Waals surface area contributed by atoms with Crippen LogP contribution in [0.5, 0.6) is 5.75 Å². The van der Waals surface area contributed by atoms with E-state index in [9.17, 15) is 0 Å². The Morgan fingerprint density at radius 1 is 1.04 bits per heavy atom. The van der Waals surface area contributed by atoms with E-state index in [1.807, 2.05) is 68.4 Å². The first-order valence-electron chi connectivity index (χ1n) is 8.98. The summed E-state index contributed by atoms with van der Waals surface area (Å²) < 4.78 is 9.66. The summed E-state index contributed by atoms with van der Waals surface area (Å²) in [7, 11) is 3.99. The highest BCUT2D eigenvalue weighted by atomic mass is 16.5. The molecule has 0 bridgehead atoms. The summed E-state index contributed by atoms with van der Waals surface area (Å²) in [5, 5.41) is 8.73. The van der Waals surface area contributed by atoms with Gasteiger partial charge in [0.15, 0.2) is 0 Å². The maximum absolute atomic E-state index is 5.69. The predicted molar refractivity (Wildman–Crippen MR) is 108 cm³/mol. The fourth-order valence-corrected chi connectivity index (χ4v) is 3.17. The molecule has 138 valence electrons. The van der Waals surface area contributed by atoms with Gasteiger partial charge in [-0.05, 0) is 44.2 Å². The Balaban J connectivity index is 1.61. The average Bonchev–Trinajstić information content (AvgIpc) is 3.20. The van der Waals surface area contributed by atoms with Crippen LogP contribution in [0.3, 0.4) is 0 Å². The fraction of sp³-hybridized carbons (Fsp3) is 0.238. The van der Waals surface area contributed by atoms with Gasteiger partial charge in [0.05, 0.1) is 23.5 Å². The lowest BCUT2D eigenvalue weighted by Crippen LogP contribution is -2.05. The van der Waals surface area contributed by atoms with Gasteiger partial charge >= 0.3 is 0 Å². The van der Waals surface area contributed by atoms with Crippen LogP contribution < -0.4 is 10.1 Å². The van der Waals surface area contributed by atoms with Crippen molar-refractivity contribution >= 4 is 22.4 Å². The number of aryl methyl sites for hydroxylation is 2. The first-order chi connectivity index (χ1) is 13.0. The van der Waals surface area contributed by atoms with E-state index in [0.717, 1.165) is 39.4 Å². The van der Waals surface area contributed by atoms with Crippen LogP contribution >= 0.6 is 0 Å². The Morgan fingerprint density at radius 3 is 2.48 bits per heavy atom. The maximum Gasteiger partial charge on any atom is 0.132 e. The molecule has 6 heteroatoms. The minimum Gasteiger partial charge on any atom is -0.491 e. The molecule has 0 radical (unpaired) electrons. The van der Waals surface area contributed by atoms with E-state index in [1.165, 1.54) is 0 Å². The van der Waals surface area contributed by atoms with Gasteiger partial charge in [0.1, 0.15) is 11.6 Å². The van der Waals surface area contributed by atoms with Gasteiger partial charge in [-0.2, -0.15) is 5.10 Å². The molecule has 0 saturated carbocycles. The Hall–Kier alpha value is -3.28. The highest BCUT2D eigenvalue weighted by molar-refractivity contribution is 5.88. The molecule has 0 aliphatic heterocycles. The summed E-state index contributed by atoms with van der Waals surface area (Å²) in [5.41, 5.74) is 4.30. The lowest BCUT2D eigenvalue weighted by atomic mass is 10.2. The zero-order chi connectivity index (χ0) is 19.0. The van der Waals surface area contributed by atoms with Crippen molar-refractivity contribution in [3.05, 3.63) is 55.0 Å². The Morgan fingerprint density at radius 2 is 1.81 bits per heavy atom. The minimum atomic E-state index is 0.166. The largest absolute Gasteiger partial charge is 0.491 e. The van der Waals surface area contributed by atoms with Gasteiger partial charge in [-0.3, -0.25) is 4.68 Å². The van der Waals surface area contributed by atoms with E-state index >= 15 is 0 Å². The molecule has 27 heavy (non-hydrogen) atoms. The lowest BCUT2D eigenvalue weighted by molar-refractivity contribution is 0.242. The van der Waals surface area contributed by atoms with Gasteiger partial charge in [-0.25, -0.2) is 4.98 Å². The van der Waals surface area contributed by atoms with Crippen molar-refractivity contribution in [2.75, 3.05) is 5.32 Å². The molecule has 0 aliphatic carbocycles. The zero-order valence-electron chi connectivity index (χ0n) is 16.0. The van der Waals surface area contributed by atoms with Crippen molar-refractivity contribution in [1.82, 2.24) is 19.3 Å². The molecular formula is C21H23N5O. The van der Waals surface area contributed by atoms with Crippen LogP contribution in [0.1, 0.15) is 13.8 Å². The van der Waals surface area contributed by atoms with Gasteiger partial charge in [-0.1, -0.05) is 0 Å². The zero-order valence-corrected chi connectivity index (χ0v) is 16.0. The van der Waals surface area contributed by atoms with Crippen molar-refractivity contribution in [3.8, 4) is 17.0 Å². The van der Waals surface area contributed by atoms with Gasteiger partial charge in [0.2, 0.25) is 0 Å². The number of benzene rings is 1. The Labute approximate surface area is 158 Å². The molecule has 4 rings (SSSR count). The molecule has 4 aromatic rings. The van der Waals surface area contributed by atoms with E-state index in [2.05, 4.69) is 39.1 Å². The third-order valence-electron chi connectivity index (χ3n) is 4.43. The van der Waals surface area contributed by atoms with Crippen LogP contribution in [0.2, 0.25) is 0 Å². The number of hydrogen-bond acceptors (Lipinski definition) is 4. The summed E-state index contributed by atoms with van der Waals surface area (Å²) in [6.07, 6.45) is 5.95. The molecule has 0 saturated heterocycles. The van der Waals surface area contributed by atoms with Crippen molar-refractivity contribution in [1.29, 1.82) is 0 Å². The van der Waals surface area contributed by atoms with Gasteiger partial charge in [0.25, 0.3) is 0 Å². The summed E-state index contributed by atoms with van der Waals surface area (Å²) in [5.74, 6) is 1.67. The second-order valence-electron chi connectivity index (χ2n) is 6.94. The third-order valence-corrected chi connectivity index (χ3v) is 4.43. The molecule has 0 unspecified atom stereocenters. The molecule has 6 nitrogen and oxygen atoms in total. The highest BCUT2D eigenvalue weighted by Crippen LogP contribution is 2.28. The number of aromatic nitrogens is 4. The molecule has 1 N–H and O–H groups in total. The van der Waals surface area contributed by atoms with E-state index in [0.29, 0.717) is 0 Å². The average molecular weight is 361 g/mol. The van der Waals surface area contributed by atoms with Crippen LogP contribution in [-0.2, 0) is 14.1 Å². The Bertz CT molecular complexity index is 1080. The molecule has 0 amide bonds. The highest BCUT2D eigenvalue weighted by Gasteiger charge is 2.11. The van der Waals surface area contributed by atoms with Crippen LogP contribution in [0, 0.1) is 0 Å². The lowest BCUT2D eigenvalue weighted by Gasteiger charge is -2.11. The summed E-state index contributed by atoms with van der Waals surface area (Å²) in [4.78, 5) is 4.55. The molecule has 0 aliphatic rings. The molecule has 0 fully saturated rings. The monoisotopic (exact) mass is 361 g/mol. The van der Waals surface area contributed by atoms with Gasteiger partial charge < -0.3 is 14.6 Å². The molecule has 0 atom stereocenters. The van der Waals surface area contributed by atoms with Gasteiger partial charge in [0, 0.05) is 49.2 Å². The molecule has 0 spiro atoms. The second kappa shape index (κ2) is 6.79. The fourth-order valence-electron chi connectivity index (χ4n) is 3.17. The van der Waals surface area contributed by atoms with Crippen LogP contribution in [-0.4, -0.2) is 25.4 Å². The normalized spacial score (nSPS) is 11.3.